The van der Waals surface area contributed by atoms with Crippen LogP contribution in [0.25, 0.3) is 28.4 Å². The first-order valence-corrected chi connectivity index (χ1v) is 9.47. The van der Waals surface area contributed by atoms with Gasteiger partial charge in [-0.2, -0.15) is 4.98 Å². The summed E-state index contributed by atoms with van der Waals surface area (Å²) >= 11 is 0. The monoisotopic (exact) mass is 413 g/mol. The lowest BCUT2D eigenvalue weighted by Gasteiger charge is -2.13. The van der Waals surface area contributed by atoms with Gasteiger partial charge in [-0.05, 0) is 48.0 Å². The van der Waals surface area contributed by atoms with Gasteiger partial charge in [0, 0.05) is 24.0 Å². The van der Waals surface area contributed by atoms with E-state index >= 15 is 0 Å². The van der Waals surface area contributed by atoms with Crippen molar-refractivity contribution in [2.45, 2.75) is 0 Å². The summed E-state index contributed by atoms with van der Waals surface area (Å²) in [5.74, 6) is 1.50. The van der Waals surface area contributed by atoms with Crippen molar-refractivity contribution in [3.63, 3.8) is 0 Å². The number of benzene rings is 2. The summed E-state index contributed by atoms with van der Waals surface area (Å²) in [5.41, 5.74) is 2.36. The van der Waals surface area contributed by atoms with Crippen LogP contribution < -0.4 is 9.47 Å². The van der Waals surface area contributed by atoms with Crippen LogP contribution in [0, 0.1) is 0 Å². The van der Waals surface area contributed by atoms with Crippen molar-refractivity contribution < 1.29 is 19.0 Å². The first kappa shape index (κ1) is 20.0. The summed E-state index contributed by atoms with van der Waals surface area (Å²) in [5, 5.41) is 0.775. The number of nitrogens with zero attached hydrogens (tertiary/aromatic N) is 3. The number of esters is 1. The summed E-state index contributed by atoms with van der Waals surface area (Å²) in [7, 11) is 2.88. The molecule has 0 aliphatic rings. The Bertz CT molecular complexity index is 1260. The number of para-hydroxylation sites is 1. The minimum absolute atomic E-state index is 0.411. The zero-order valence-electron chi connectivity index (χ0n) is 17.0. The van der Waals surface area contributed by atoms with Gasteiger partial charge in [0.1, 0.15) is 0 Å². The van der Waals surface area contributed by atoms with E-state index in [-0.39, 0.29) is 0 Å². The van der Waals surface area contributed by atoms with Gasteiger partial charge in [-0.15, -0.1) is 0 Å². The zero-order valence-corrected chi connectivity index (χ0v) is 17.0. The number of aromatic nitrogens is 3. The van der Waals surface area contributed by atoms with E-state index in [0.717, 1.165) is 22.0 Å². The lowest BCUT2D eigenvalue weighted by atomic mass is 10.2. The fourth-order valence-electron chi connectivity index (χ4n) is 2.96. The molecule has 4 rings (SSSR count). The topological polar surface area (TPSA) is 83.4 Å². The number of ether oxygens (including phenoxy) is 3. The highest BCUT2D eigenvalue weighted by Gasteiger charge is 2.14. The summed E-state index contributed by atoms with van der Waals surface area (Å²) in [6, 6.07) is 16.7. The van der Waals surface area contributed by atoms with Crippen molar-refractivity contribution >= 4 is 22.9 Å². The van der Waals surface area contributed by atoms with Crippen LogP contribution in [0.1, 0.15) is 5.56 Å². The molecular formula is C24H19N3O4. The smallest absolute Gasteiger partial charge is 0.330 e. The maximum atomic E-state index is 11.3. The number of carbonyl (C=O) groups is 1. The maximum absolute atomic E-state index is 11.3. The Balaban J connectivity index is 1.74. The molecule has 7 heteroatoms. The molecule has 31 heavy (non-hydrogen) atoms. The molecule has 0 unspecified atom stereocenters. The third kappa shape index (κ3) is 4.51. The van der Waals surface area contributed by atoms with E-state index in [9.17, 15) is 4.79 Å². The molecule has 0 atom stereocenters. The van der Waals surface area contributed by atoms with Gasteiger partial charge in [-0.1, -0.05) is 18.2 Å². The predicted octanol–water partition coefficient (Wildman–Crippen LogP) is 4.68. The highest BCUT2D eigenvalue weighted by molar-refractivity contribution is 5.87. The van der Waals surface area contributed by atoms with Gasteiger partial charge in [0.15, 0.2) is 17.3 Å². The second-order valence-electron chi connectivity index (χ2n) is 6.47. The fraction of sp³-hybridized carbons (Fsp3) is 0.0833. The third-order valence-corrected chi connectivity index (χ3v) is 4.51. The summed E-state index contributed by atoms with van der Waals surface area (Å²) in [6.07, 6.45) is 6.37. The van der Waals surface area contributed by atoms with Crippen LogP contribution in [0.3, 0.4) is 0 Å². The number of hydrogen-bond donors (Lipinski definition) is 0. The third-order valence-electron chi connectivity index (χ3n) is 4.51. The molecule has 0 amide bonds. The van der Waals surface area contributed by atoms with E-state index < -0.39 is 5.97 Å². The summed E-state index contributed by atoms with van der Waals surface area (Å²) in [4.78, 5) is 24.7. The average Bonchev–Trinajstić information content (AvgIpc) is 2.83. The molecule has 2 aromatic carbocycles. The second kappa shape index (κ2) is 9.04. The van der Waals surface area contributed by atoms with E-state index in [1.54, 1.807) is 37.7 Å². The normalized spacial score (nSPS) is 10.9. The predicted molar refractivity (Wildman–Crippen MR) is 117 cm³/mol. The Labute approximate surface area is 179 Å². The SMILES string of the molecule is COC(=O)/C=C/c1ccc(Oc2nc(-c3ccncc3)nc3ccccc23)c(OC)c1. The van der Waals surface area contributed by atoms with Crippen LogP contribution in [-0.2, 0) is 9.53 Å². The zero-order chi connectivity index (χ0) is 21.6. The van der Waals surface area contributed by atoms with Gasteiger partial charge in [-0.3, -0.25) is 4.98 Å². The Hall–Kier alpha value is -4.26. The second-order valence-corrected chi connectivity index (χ2v) is 6.47. The number of methoxy groups -OCH3 is 2. The number of hydrogen-bond acceptors (Lipinski definition) is 7. The molecule has 2 heterocycles. The van der Waals surface area contributed by atoms with Gasteiger partial charge >= 0.3 is 5.97 Å². The molecule has 0 aliphatic carbocycles. The lowest BCUT2D eigenvalue weighted by molar-refractivity contribution is -0.134. The van der Waals surface area contributed by atoms with Crippen molar-refractivity contribution in [1.82, 2.24) is 15.0 Å². The van der Waals surface area contributed by atoms with Crippen LogP contribution >= 0.6 is 0 Å². The first-order chi connectivity index (χ1) is 15.2. The Morgan fingerprint density at radius 1 is 0.935 bits per heavy atom. The van der Waals surface area contributed by atoms with Gasteiger partial charge in [0.25, 0.3) is 0 Å². The lowest BCUT2D eigenvalue weighted by Crippen LogP contribution is -1.98. The Morgan fingerprint density at radius 2 is 1.74 bits per heavy atom. The minimum Gasteiger partial charge on any atom is -0.493 e. The van der Waals surface area contributed by atoms with Crippen LogP contribution in [0.5, 0.6) is 17.4 Å². The Morgan fingerprint density at radius 3 is 2.52 bits per heavy atom. The largest absolute Gasteiger partial charge is 0.493 e. The van der Waals surface area contributed by atoms with Crippen molar-refractivity contribution in [3.05, 3.63) is 78.6 Å². The molecule has 0 N–H and O–H groups in total. The molecular weight excluding hydrogens is 394 g/mol. The van der Waals surface area contributed by atoms with Gasteiger partial charge in [0.05, 0.1) is 25.1 Å². The highest BCUT2D eigenvalue weighted by atomic mass is 16.5. The summed E-state index contributed by atoms with van der Waals surface area (Å²) in [6.45, 7) is 0. The van der Waals surface area contributed by atoms with Gasteiger partial charge in [-0.25, -0.2) is 9.78 Å². The number of fused-ring (bicyclic) bond motifs is 1. The van der Waals surface area contributed by atoms with E-state index in [0.29, 0.717) is 23.2 Å². The van der Waals surface area contributed by atoms with Crippen molar-refractivity contribution in [2.24, 2.45) is 0 Å². The molecule has 0 fully saturated rings. The molecule has 7 nitrogen and oxygen atoms in total. The quantitative estimate of drug-likeness (QED) is 0.335. The Kier molecular flexibility index (Phi) is 5.84. The number of pyridine rings is 1. The van der Waals surface area contributed by atoms with Crippen LogP contribution in [-0.4, -0.2) is 35.1 Å². The van der Waals surface area contributed by atoms with E-state index in [1.165, 1.54) is 13.2 Å². The molecule has 154 valence electrons. The molecule has 4 aromatic rings. The molecule has 0 radical (unpaired) electrons. The molecule has 0 saturated heterocycles. The molecule has 0 aliphatic heterocycles. The molecule has 0 saturated carbocycles. The van der Waals surface area contributed by atoms with Crippen LogP contribution in [0.4, 0.5) is 0 Å². The molecule has 0 spiro atoms. The van der Waals surface area contributed by atoms with Crippen molar-refractivity contribution in [1.29, 1.82) is 0 Å². The van der Waals surface area contributed by atoms with Gasteiger partial charge < -0.3 is 14.2 Å². The van der Waals surface area contributed by atoms with E-state index in [4.69, 9.17) is 9.47 Å². The van der Waals surface area contributed by atoms with Crippen LogP contribution in [0.2, 0.25) is 0 Å². The number of rotatable bonds is 6. The molecule has 0 bridgehead atoms. The maximum Gasteiger partial charge on any atom is 0.330 e. The van der Waals surface area contributed by atoms with Crippen molar-refractivity contribution in [2.75, 3.05) is 14.2 Å². The van der Waals surface area contributed by atoms with E-state index in [1.807, 2.05) is 42.5 Å². The number of carbonyl (C=O) groups excluding carboxylic acids is 1. The minimum atomic E-state index is -0.435. The fourth-order valence-corrected chi connectivity index (χ4v) is 2.96. The highest BCUT2D eigenvalue weighted by Crippen LogP contribution is 2.35. The van der Waals surface area contributed by atoms with Crippen molar-refractivity contribution in [3.8, 4) is 28.8 Å². The molecule has 2 aromatic heterocycles. The summed E-state index contributed by atoms with van der Waals surface area (Å²) < 4.78 is 16.3. The average molecular weight is 413 g/mol. The first-order valence-electron chi connectivity index (χ1n) is 9.47. The van der Waals surface area contributed by atoms with Crippen LogP contribution in [0.15, 0.2) is 73.1 Å². The van der Waals surface area contributed by atoms with Gasteiger partial charge in [0.2, 0.25) is 5.88 Å². The standard InChI is InChI=1S/C24H19N3O4/c1-29-21-15-16(8-10-22(28)30-2)7-9-20(21)31-24-18-5-3-4-6-19(18)26-23(27-24)17-11-13-25-14-12-17/h3-15H,1-2H3/b10-8+. The van der Waals surface area contributed by atoms with E-state index in [2.05, 4.69) is 19.7 Å².